The van der Waals surface area contributed by atoms with E-state index in [0.717, 1.165) is 18.8 Å². The fourth-order valence-electron chi connectivity index (χ4n) is 4.57. The smallest absolute Gasteiger partial charge is 0.366 e. The predicted molar refractivity (Wildman–Crippen MR) is 134 cm³/mol. The van der Waals surface area contributed by atoms with E-state index < -0.39 is 17.5 Å². The predicted octanol–water partition coefficient (Wildman–Crippen LogP) is 7.28. The van der Waals surface area contributed by atoms with Crippen LogP contribution in [-0.4, -0.2) is 52.3 Å². The lowest BCUT2D eigenvalue weighted by Gasteiger charge is -2.47. The Morgan fingerprint density at radius 1 is 0.688 bits per heavy atom. The van der Waals surface area contributed by atoms with Gasteiger partial charge in [-0.05, 0) is 25.7 Å². The Morgan fingerprint density at radius 3 is 1.34 bits per heavy atom. The standard InChI is InChI=1S/C27H53NO4/c1-23(2)20-18-16-14-12-10-8-7-9-11-13-15-17-19-21-24(3)28(5,6)27(4,26(31)32)22-25(29)30/h23-24H,7-22H2,1-6H3,(H-,29,30,31,32)/p+1. The van der Waals surface area contributed by atoms with E-state index in [1.807, 2.05) is 21.0 Å². The van der Waals surface area contributed by atoms with Crippen molar-refractivity contribution in [3.05, 3.63) is 0 Å². The van der Waals surface area contributed by atoms with E-state index in [1.165, 1.54) is 83.5 Å². The summed E-state index contributed by atoms with van der Waals surface area (Å²) in [5.41, 5.74) is -1.32. The molecule has 0 saturated heterocycles. The van der Waals surface area contributed by atoms with Gasteiger partial charge in [-0.3, -0.25) is 4.79 Å². The van der Waals surface area contributed by atoms with E-state index in [0.29, 0.717) is 0 Å². The molecule has 0 aliphatic rings. The Labute approximate surface area is 198 Å². The number of nitrogens with zero attached hydrogens (tertiary/aromatic N) is 1. The maximum atomic E-state index is 11.9. The van der Waals surface area contributed by atoms with Crippen LogP contribution in [0.2, 0.25) is 0 Å². The molecular formula is C27H54NO4+. The highest BCUT2D eigenvalue weighted by Crippen LogP contribution is 2.30. The van der Waals surface area contributed by atoms with E-state index in [9.17, 15) is 19.8 Å². The quantitative estimate of drug-likeness (QED) is 0.141. The van der Waals surface area contributed by atoms with Crippen LogP contribution in [0.3, 0.4) is 0 Å². The summed E-state index contributed by atoms with van der Waals surface area (Å²) in [4.78, 5) is 23.1. The minimum atomic E-state index is -1.32. The molecule has 0 amide bonds. The van der Waals surface area contributed by atoms with Crippen molar-refractivity contribution in [3.63, 3.8) is 0 Å². The maximum Gasteiger partial charge on any atom is 0.366 e. The molecule has 0 fully saturated rings. The monoisotopic (exact) mass is 456 g/mol. The van der Waals surface area contributed by atoms with Gasteiger partial charge in [-0.1, -0.05) is 97.3 Å². The maximum absolute atomic E-state index is 11.9. The van der Waals surface area contributed by atoms with Crippen molar-refractivity contribution in [1.29, 1.82) is 0 Å². The zero-order chi connectivity index (χ0) is 24.6. The summed E-state index contributed by atoms with van der Waals surface area (Å²) in [7, 11) is 3.71. The Morgan fingerprint density at radius 2 is 1.03 bits per heavy atom. The summed E-state index contributed by atoms with van der Waals surface area (Å²) >= 11 is 0. The van der Waals surface area contributed by atoms with E-state index in [1.54, 1.807) is 6.92 Å². The van der Waals surface area contributed by atoms with E-state index in [2.05, 4.69) is 13.8 Å². The topological polar surface area (TPSA) is 74.6 Å². The average Bonchev–Trinajstić information content (AvgIpc) is 2.69. The largest absolute Gasteiger partial charge is 0.481 e. The Bertz CT molecular complexity index is 518. The van der Waals surface area contributed by atoms with Crippen LogP contribution in [0, 0.1) is 5.92 Å². The highest BCUT2D eigenvalue weighted by Gasteiger charge is 2.52. The number of aliphatic carboxylic acids is 2. The lowest BCUT2D eigenvalue weighted by Crippen LogP contribution is -2.66. The van der Waals surface area contributed by atoms with Crippen molar-refractivity contribution in [1.82, 2.24) is 0 Å². The number of quaternary nitrogens is 1. The fourth-order valence-corrected chi connectivity index (χ4v) is 4.57. The number of rotatable bonds is 21. The SMILES string of the molecule is CC(C)CCCCCCCCCCCCCCCC(C)[N+](C)(C)C(C)(CC(=O)O)C(=O)O. The van der Waals surface area contributed by atoms with Crippen LogP contribution >= 0.6 is 0 Å². The zero-order valence-electron chi connectivity index (χ0n) is 22.1. The molecular weight excluding hydrogens is 402 g/mol. The number of hydrogen-bond donors (Lipinski definition) is 2. The third kappa shape index (κ3) is 12.2. The first-order valence-corrected chi connectivity index (χ1v) is 13.2. The third-order valence-electron chi connectivity index (χ3n) is 7.73. The fraction of sp³-hybridized carbons (Fsp3) is 0.926. The second kappa shape index (κ2) is 16.5. The minimum absolute atomic E-state index is 0.0980. The molecule has 0 aliphatic carbocycles. The van der Waals surface area contributed by atoms with Crippen molar-refractivity contribution in [2.45, 2.75) is 142 Å². The first-order valence-electron chi connectivity index (χ1n) is 13.2. The number of carbonyl (C=O) groups is 2. The van der Waals surface area contributed by atoms with Crippen LogP contribution in [0.15, 0.2) is 0 Å². The van der Waals surface area contributed by atoms with Gasteiger partial charge in [-0.25, -0.2) is 4.79 Å². The molecule has 0 spiro atoms. The molecule has 190 valence electrons. The normalized spacial score (nSPS) is 15.0. The summed E-state index contributed by atoms with van der Waals surface area (Å²) in [6.45, 7) is 8.23. The van der Waals surface area contributed by atoms with Gasteiger partial charge in [0.1, 0.15) is 6.42 Å². The van der Waals surface area contributed by atoms with Gasteiger partial charge >= 0.3 is 11.9 Å². The van der Waals surface area contributed by atoms with Crippen LogP contribution in [-0.2, 0) is 9.59 Å². The first kappa shape index (κ1) is 30.9. The number of hydrogen-bond acceptors (Lipinski definition) is 2. The Kier molecular flexibility index (Phi) is 15.9. The number of likely N-dealkylation sites (N-methyl/N-ethyl adjacent to an activating group) is 1. The van der Waals surface area contributed by atoms with Gasteiger partial charge in [-0.2, -0.15) is 0 Å². The molecule has 5 nitrogen and oxygen atoms in total. The molecule has 0 aromatic carbocycles. The number of carboxylic acid groups (broad SMARTS) is 2. The van der Waals surface area contributed by atoms with Gasteiger partial charge in [0.15, 0.2) is 0 Å². The molecule has 32 heavy (non-hydrogen) atoms. The van der Waals surface area contributed by atoms with Crippen molar-refractivity contribution in [2.75, 3.05) is 14.1 Å². The van der Waals surface area contributed by atoms with E-state index >= 15 is 0 Å². The highest BCUT2D eigenvalue weighted by atomic mass is 16.4. The zero-order valence-corrected chi connectivity index (χ0v) is 22.1. The number of carboxylic acids is 2. The van der Waals surface area contributed by atoms with Crippen molar-refractivity contribution >= 4 is 11.9 Å². The third-order valence-corrected chi connectivity index (χ3v) is 7.73. The van der Waals surface area contributed by atoms with Gasteiger partial charge < -0.3 is 14.7 Å². The second-order valence-corrected chi connectivity index (χ2v) is 11.1. The molecule has 5 heteroatoms. The van der Waals surface area contributed by atoms with Crippen molar-refractivity contribution < 1.29 is 24.3 Å². The second-order valence-electron chi connectivity index (χ2n) is 11.1. The summed E-state index contributed by atoms with van der Waals surface area (Å²) in [5.74, 6) is -1.25. The number of unbranched alkanes of at least 4 members (excludes halogenated alkanes) is 12. The lowest BCUT2D eigenvalue weighted by atomic mass is 9.90. The van der Waals surface area contributed by atoms with Crippen LogP contribution in [0.5, 0.6) is 0 Å². The van der Waals surface area contributed by atoms with Crippen LogP contribution in [0.1, 0.15) is 130 Å². The molecule has 0 aliphatic heterocycles. The minimum Gasteiger partial charge on any atom is -0.481 e. The summed E-state index contributed by atoms with van der Waals surface area (Å²) in [5, 5.41) is 18.9. The highest BCUT2D eigenvalue weighted by molar-refractivity contribution is 5.83. The molecule has 0 heterocycles. The Hall–Kier alpha value is -1.10. The van der Waals surface area contributed by atoms with Gasteiger partial charge in [0.05, 0.1) is 20.1 Å². The van der Waals surface area contributed by atoms with E-state index in [-0.39, 0.29) is 16.9 Å². The summed E-state index contributed by atoms with van der Waals surface area (Å²) in [6, 6.07) is 0.0980. The molecule has 2 unspecified atom stereocenters. The van der Waals surface area contributed by atoms with Crippen molar-refractivity contribution in [2.24, 2.45) is 5.92 Å². The Balaban J connectivity index is 3.83. The van der Waals surface area contributed by atoms with Crippen LogP contribution < -0.4 is 0 Å². The first-order chi connectivity index (χ1) is 14.9. The van der Waals surface area contributed by atoms with Gasteiger partial charge in [-0.15, -0.1) is 0 Å². The molecule has 0 aromatic rings. The van der Waals surface area contributed by atoms with Crippen LogP contribution in [0.25, 0.3) is 0 Å². The van der Waals surface area contributed by atoms with Crippen molar-refractivity contribution in [3.8, 4) is 0 Å². The molecule has 0 bridgehead atoms. The molecule has 0 saturated carbocycles. The summed E-state index contributed by atoms with van der Waals surface area (Å²) < 4.78 is 0.187. The molecule has 2 N–H and O–H groups in total. The average molecular weight is 457 g/mol. The van der Waals surface area contributed by atoms with Gasteiger partial charge in [0, 0.05) is 6.92 Å². The molecule has 0 radical (unpaired) electrons. The summed E-state index contributed by atoms with van der Waals surface area (Å²) in [6.07, 6.45) is 19.1. The lowest BCUT2D eigenvalue weighted by molar-refractivity contribution is -0.951. The van der Waals surface area contributed by atoms with Gasteiger partial charge in [0.2, 0.25) is 5.54 Å². The molecule has 0 aromatic heterocycles. The molecule has 2 atom stereocenters. The van der Waals surface area contributed by atoms with E-state index in [4.69, 9.17) is 0 Å². The van der Waals surface area contributed by atoms with Gasteiger partial charge in [0.25, 0.3) is 0 Å². The van der Waals surface area contributed by atoms with Crippen LogP contribution in [0.4, 0.5) is 0 Å². The molecule has 0 rings (SSSR count).